The molecular formula is C58H47B5N2S. The molecule has 0 aliphatic heterocycles. The average Bonchev–Trinajstić information content (AvgIpc) is 4.02. The number of benzene rings is 8. The molecule has 0 atom stereocenters. The van der Waals surface area contributed by atoms with Gasteiger partial charge in [0.15, 0.2) is 0 Å². The van der Waals surface area contributed by atoms with Gasteiger partial charge in [0, 0.05) is 70.6 Å². The minimum Gasteiger partial charge on any atom is -0.309 e. The lowest BCUT2D eigenvalue weighted by molar-refractivity contribution is 1.19. The summed E-state index contributed by atoms with van der Waals surface area (Å²) in [5, 5.41) is 7.77. The van der Waals surface area contributed by atoms with Gasteiger partial charge in [-0.2, -0.15) is 0 Å². The van der Waals surface area contributed by atoms with Crippen LogP contribution in [0.5, 0.6) is 0 Å². The lowest BCUT2D eigenvalue weighted by Gasteiger charge is -2.21. The van der Waals surface area contributed by atoms with Gasteiger partial charge in [-0.15, -0.1) is 29.1 Å². The number of nitrogens with zero attached hydrogens (tertiary/aromatic N) is 2. The highest BCUT2D eigenvalue weighted by molar-refractivity contribution is 7.25. The third kappa shape index (κ3) is 6.17. The molecule has 2 nitrogen and oxygen atoms in total. The van der Waals surface area contributed by atoms with Crippen LogP contribution in [0.4, 0.5) is 0 Å². The van der Waals surface area contributed by atoms with E-state index in [4.69, 9.17) is 6.42 Å². The number of thiophene rings is 1. The van der Waals surface area contributed by atoms with Crippen LogP contribution >= 0.6 is 11.3 Å². The van der Waals surface area contributed by atoms with Crippen LogP contribution in [-0.2, 0) is 0 Å². The highest BCUT2D eigenvalue weighted by Crippen LogP contribution is 2.43. The van der Waals surface area contributed by atoms with Gasteiger partial charge in [0.25, 0.3) is 0 Å². The van der Waals surface area contributed by atoms with Crippen LogP contribution in [-0.4, -0.2) is 48.4 Å². The normalized spacial score (nSPS) is 12.4. The minimum atomic E-state index is 0.542. The van der Waals surface area contributed by atoms with Gasteiger partial charge < -0.3 is 9.13 Å². The van der Waals surface area contributed by atoms with Crippen LogP contribution in [0, 0.1) is 26.2 Å². The van der Waals surface area contributed by atoms with E-state index in [1.807, 2.05) is 11.3 Å². The van der Waals surface area contributed by atoms with Crippen LogP contribution in [0.3, 0.4) is 0 Å². The molecule has 3 heterocycles. The predicted octanol–water partition coefficient (Wildman–Crippen LogP) is 7.47. The number of rotatable bonds is 7. The van der Waals surface area contributed by atoms with Gasteiger partial charge in [-0.25, -0.2) is 0 Å². The minimum absolute atomic E-state index is 0.542. The van der Waals surface area contributed by atoms with Crippen LogP contribution in [0.15, 0.2) is 152 Å². The van der Waals surface area contributed by atoms with Gasteiger partial charge in [0.05, 0.1) is 16.6 Å². The molecule has 0 aliphatic carbocycles. The van der Waals surface area contributed by atoms with Crippen molar-refractivity contribution in [3.8, 4) is 40.3 Å². The van der Waals surface area contributed by atoms with Crippen molar-refractivity contribution in [2.75, 3.05) is 0 Å². The number of hydrogen-bond acceptors (Lipinski definition) is 1. The van der Waals surface area contributed by atoms with Gasteiger partial charge in [-0.1, -0.05) is 131 Å². The summed E-state index contributed by atoms with van der Waals surface area (Å²) in [6.45, 7) is 6.81. The third-order valence-corrected chi connectivity index (χ3v) is 15.9. The van der Waals surface area contributed by atoms with E-state index in [1.165, 1.54) is 130 Å². The smallest absolute Gasteiger partial charge is 0.142 e. The number of aromatic nitrogens is 2. The van der Waals surface area contributed by atoms with Crippen molar-refractivity contribution < 1.29 is 0 Å². The maximum absolute atomic E-state index is 5.96. The van der Waals surface area contributed by atoms with Crippen molar-refractivity contribution in [1.82, 2.24) is 9.13 Å². The first-order valence-corrected chi connectivity index (χ1v) is 23.9. The zero-order valence-corrected chi connectivity index (χ0v) is 39.8. The maximum atomic E-state index is 5.96. The van der Waals surface area contributed by atoms with E-state index in [9.17, 15) is 0 Å². The summed E-state index contributed by atoms with van der Waals surface area (Å²) in [6.07, 6.45) is 11.0. The Bertz CT molecular complexity index is 3940. The molecule has 0 aliphatic rings. The topological polar surface area (TPSA) is 9.86 Å². The van der Waals surface area contributed by atoms with Crippen molar-refractivity contribution in [2.45, 2.75) is 27.2 Å². The van der Waals surface area contributed by atoms with Gasteiger partial charge in [0.2, 0.25) is 0 Å². The molecule has 0 bridgehead atoms. The number of fused-ring (bicyclic) bond motifs is 9. The van der Waals surface area contributed by atoms with Gasteiger partial charge >= 0.3 is 0 Å². The molecule has 0 unspecified atom stereocenters. The Morgan fingerprint density at radius 2 is 1.30 bits per heavy atom. The predicted molar refractivity (Wildman–Crippen MR) is 306 cm³/mol. The SMILES string of the molecule is Bc1c(B)c(C)c2c(c1B)c1c(B)c(-c3ccc4c(c3)c3c(-c5ccccc5)cccc3n4-c3ccc4sc5ccccc5c4c3)c(C)c(B)c1n2C(=C/C)/C(=C\CC#C)c1ccccc1. The molecule has 11 rings (SSSR count). The highest BCUT2D eigenvalue weighted by Gasteiger charge is 2.27. The largest absolute Gasteiger partial charge is 0.309 e. The molecule has 8 aromatic carbocycles. The summed E-state index contributed by atoms with van der Waals surface area (Å²) in [5.41, 5.74) is 23.7. The molecule has 8 heteroatoms. The first kappa shape index (κ1) is 41.6. The van der Waals surface area contributed by atoms with Crippen LogP contribution in [0.1, 0.15) is 30.0 Å². The van der Waals surface area contributed by atoms with Gasteiger partial charge in [-0.3, -0.25) is 0 Å². The summed E-state index contributed by atoms with van der Waals surface area (Å²) in [7, 11) is 11.6. The van der Waals surface area contributed by atoms with Crippen LogP contribution < -0.4 is 27.3 Å². The summed E-state index contributed by atoms with van der Waals surface area (Å²) in [6, 6.07) is 51.5. The Labute approximate surface area is 395 Å². The quantitative estimate of drug-likeness (QED) is 0.0896. The van der Waals surface area contributed by atoms with Crippen molar-refractivity contribution in [3.05, 3.63) is 168 Å². The lowest BCUT2D eigenvalue weighted by atomic mass is 9.68. The molecule has 0 radical (unpaired) electrons. The van der Waals surface area contributed by atoms with Crippen molar-refractivity contribution in [2.24, 2.45) is 0 Å². The van der Waals surface area contributed by atoms with E-state index in [2.05, 4.69) is 227 Å². The fourth-order valence-corrected chi connectivity index (χ4v) is 12.2. The van der Waals surface area contributed by atoms with Crippen LogP contribution in [0.2, 0.25) is 0 Å². The monoisotopic (exact) mass is 858 g/mol. The van der Waals surface area contributed by atoms with E-state index in [-0.39, 0.29) is 0 Å². The zero-order valence-electron chi connectivity index (χ0n) is 39.0. The Morgan fingerprint density at radius 1 is 0.591 bits per heavy atom. The molecule has 0 saturated carbocycles. The number of hydrogen-bond donors (Lipinski definition) is 0. The fraction of sp³-hybridized carbons (Fsp3) is 0.0690. The zero-order chi connectivity index (χ0) is 45.5. The number of allylic oxidation sites excluding steroid dienone is 4. The van der Waals surface area contributed by atoms with E-state index in [0.29, 0.717) is 6.42 Å². The Hall–Kier alpha value is -7.06. The fourth-order valence-electron chi connectivity index (χ4n) is 11.2. The van der Waals surface area contributed by atoms with Gasteiger partial charge in [-0.05, 0) is 102 Å². The molecule has 11 aromatic rings. The third-order valence-electron chi connectivity index (χ3n) is 14.7. The second-order valence-corrected chi connectivity index (χ2v) is 19.1. The molecule has 0 saturated heterocycles. The summed E-state index contributed by atoms with van der Waals surface area (Å²) < 4.78 is 7.69. The standard InChI is InChI=1S/C58H47B5N2S/c1-5-7-21-38(34-17-10-8-11-18-34)43(6-2)65-57-33(4)52(59)56(63)55(62)51(57)50-54(61)48(32(3)53(60)58(50)65)36-26-28-44-42(30-36)49-39(35-19-12-9-13-20-35)23-16-24-45(49)64(44)37-27-29-47-41(31-37)40-22-14-15-25-46(40)66-47/h1,6,8-31H,7,59-63H2,2-4H3/b38-21-,43-6+. The number of aryl methyl sites for hydroxylation is 1. The summed E-state index contributed by atoms with van der Waals surface area (Å²) >= 11 is 1.87. The molecule has 3 aromatic heterocycles. The molecule has 0 amide bonds. The molecule has 310 valence electrons. The van der Waals surface area contributed by atoms with E-state index < -0.39 is 0 Å². The van der Waals surface area contributed by atoms with Crippen molar-refractivity contribution >= 4 is 153 Å². The Kier molecular flexibility index (Phi) is 10.2. The summed E-state index contributed by atoms with van der Waals surface area (Å²) in [5.74, 6) is 2.90. The van der Waals surface area contributed by atoms with E-state index in [1.54, 1.807) is 0 Å². The number of terminal acetylenes is 1. The van der Waals surface area contributed by atoms with Crippen molar-refractivity contribution in [1.29, 1.82) is 0 Å². The molecular weight excluding hydrogens is 811 g/mol. The first-order valence-electron chi connectivity index (χ1n) is 23.1. The maximum Gasteiger partial charge on any atom is 0.142 e. The Morgan fingerprint density at radius 3 is 2.06 bits per heavy atom. The Balaban J connectivity index is 1.22. The molecule has 0 spiro atoms. The van der Waals surface area contributed by atoms with Gasteiger partial charge in [0.1, 0.15) is 39.2 Å². The second-order valence-electron chi connectivity index (χ2n) is 18.0. The average molecular weight is 858 g/mol. The summed E-state index contributed by atoms with van der Waals surface area (Å²) in [4.78, 5) is 0. The van der Waals surface area contributed by atoms with Crippen LogP contribution in [0.25, 0.3) is 103 Å². The molecule has 0 fully saturated rings. The van der Waals surface area contributed by atoms with Crippen molar-refractivity contribution in [3.63, 3.8) is 0 Å². The molecule has 0 N–H and O–H groups in total. The first-order chi connectivity index (χ1) is 32.1. The van der Waals surface area contributed by atoms with E-state index >= 15 is 0 Å². The highest BCUT2D eigenvalue weighted by atomic mass is 32.1. The lowest BCUT2D eigenvalue weighted by Crippen LogP contribution is -2.41. The molecule has 66 heavy (non-hydrogen) atoms. The van der Waals surface area contributed by atoms with E-state index in [0.717, 1.165) is 16.8 Å². The second kappa shape index (κ2) is 16.1.